The number of hydrogen-bond acceptors (Lipinski definition) is 5. The van der Waals surface area contributed by atoms with Gasteiger partial charge in [0.2, 0.25) is 5.91 Å². The van der Waals surface area contributed by atoms with Crippen molar-refractivity contribution < 1.29 is 14.3 Å². The number of likely N-dealkylation sites (N-methyl/N-ethyl adjacent to an activating group) is 1. The van der Waals surface area contributed by atoms with Crippen molar-refractivity contribution in [3.05, 3.63) is 23.8 Å². The Hall–Kier alpha value is -1.79. The fourth-order valence-electron chi connectivity index (χ4n) is 2.52. The third kappa shape index (κ3) is 4.35. The number of carbonyl (C=O) groups is 1. The Bertz CT molecular complexity index is 501. The summed E-state index contributed by atoms with van der Waals surface area (Å²) >= 11 is 0. The van der Waals surface area contributed by atoms with Crippen molar-refractivity contribution in [3.8, 4) is 11.5 Å². The van der Waals surface area contributed by atoms with Gasteiger partial charge in [-0.2, -0.15) is 0 Å². The highest BCUT2D eigenvalue weighted by molar-refractivity contribution is 5.78. The molecule has 0 aromatic heterocycles. The lowest BCUT2D eigenvalue weighted by atomic mass is 10.2. The smallest absolute Gasteiger partial charge is 0.236 e. The van der Waals surface area contributed by atoms with Crippen molar-refractivity contribution in [1.82, 2.24) is 15.1 Å². The first-order valence-electron chi connectivity index (χ1n) is 7.52. The summed E-state index contributed by atoms with van der Waals surface area (Å²) in [5.41, 5.74) is 1.02. The van der Waals surface area contributed by atoms with Gasteiger partial charge in [-0.05, 0) is 17.7 Å². The number of nitrogens with one attached hydrogen (secondary N) is 1. The van der Waals surface area contributed by atoms with Gasteiger partial charge in [0.15, 0.2) is 11.5 Å². The number of nitrogens with zero attached hydrogens (tertiary/aromatic N) is 2. The van der Waals surface area contributed by atoms with Crippen LogP contribution >= 0.6 is 0 Å². The standard InChI is InChI=1S/C16H25N3O3/c1-18(16(20)12-19-8-6-17-7-9-19)11-13-4-5-14(21-2)15(10-13)22-3/h4-5,10,17H,6-9,11-12H2,1-3H3. The zero-order chi connectivity index (χ0) is 15.9. The lowest BCUT2D eigenvalue weighted by Gasteiger charge is -2.28. The molecule has 0 bridgehead atoms. The van der Waals surface area contributed by atoms with Gasteiger partial charge in [-0.1, -0.05) is 6.07 Å². The van der Waals surface area contributed by atoms with Crippen LogP contribution in [0.1, 0.15) is 5.56 Å². The molecular weight excluding hydrogens is 282 g/mol. The van der Waals surface area contributed by atoms with Crippen LogP contribution in [0, 0.1) is 0 Å². The highest BCUT2D eigenvalue weighted by Crippen LogP contribution is 2.27. The highest BCUT2D eigenvalue weighted by Gasteiger charge is 2.17. The molecule has 22 heavy (non-hydrogen) atoms. The normalized spacial score (nSPS) is 15.4. The number of methoxy groups -OCH3 is 2. The number of amides is 1. The zero-order valence-corrected chi connectivity index (χ0v) is 13.6. The quantitative estimate of drug-likeness (QED) is 0.833. The van der Waals surface area contributed by atoms with E-state index in [1.54, 1.807) is 19.1 Å². The van der Waals surface area contributed by atoms with E-state index in [1.165, 1.54) is 0 Å². The summed E-state index contributed by atoms with van der Waals surface area (Å²) in [6.45, 7) is 4.79. The minimum absolute atomic E-state index is 0.136. The molecule has 6 nitrogen and oxygen atoms in total. The van der Waals surface area contributed by atoms with Crippen molar-refractivity contribution in [1.29, 1.82) is 0 Å². The van der Waals surface area contributed by atoms with Gasteiger partial charge in [0, 0.05) is 39.8 Å². The molecule has 122 valence electrons. The molecule has 1 aliphatic heterocycles. The molecular formula is C16H25N3O3. The van der Waals surface area contributed by atoms with E-state index in [2.05, 4.69) is 10.2 Å². The van der Waals surface area contributed by atoms with Crippen LogP contribution in [0.4, 0.5) is 0 Å². The van der Waals surface area contributed by atoms with Crippen molar-refractivity contribution in [2.45, 2.75) is 6.54 Å². The maximum absolute atomic E-state index is 12.3. The molecule has 6 heteroatoms. The van der Waals surface area contributed by atoms with E-state index in [9.17, 15) is 4.79 Å². The van der Waals surface area contributed by atoms with E-state index in [-0.39, 0.29) is 5.91 Å². The maximum Gasteiger partial charge on any atom is 0.236 e. The molecule has 0 unspecified atom stereocenters. The van der Waals surface area contributed by atoms with Gasteiger partial charge in [-0.25, -0.2) is 0 Å². The second-order valence-corrected chi connectivity index (χ2v) is 5.47. The van der Waals surface area contributed by atoms with E-state index >= 15 is 0 Å². The summed E-state index contributed by atoms with van der Waals surface area (Å²) in [7, 11) is 5.06. The molecule has 0 spiro atoms. The van der Waals surface area contributed by atoms with E-state index in [1.807, 2.05) is 25.2 Å². The van der Waals surface area contributed by atoms with Gasteiger partial charge in [0.25, 0.3) is 0 Å². The summed E-state index contributed by atoms with van der Waals surface area (Å²) in [6.07, 6.45) is 0. The van der Waals surface area contributed by atoms with Gasteiger partial charge >= 0.3 is 0 Å². The topological polar surface area (TPSA) is 54.0 Å². The van der Waals surface area contributed by atoms with Gasteiger partial charge in [-0.3, -0.25) is 9.69 Å². The van der Waals surface area contributed by atoms with Crippen LogP contribution < -0.4 is 14.8 Å². The molecule has 0 radical (unpaired) electrons. The molecule has 1 fully saturated rings. The van der Waals surface area contributed by atoms with Crippen LogP contribution in [-0.2, 0) is 11.3 Å². The molecule has 1 aromatic rings. The van der Waals surface area contributed by atoms with E-state index in [0.29, 0.717) is 24.6 Å². The third-order valence-corrected chi connectivity index (χ3v) is 3.86. The summed E-state index contributed by atoms with van der Waals surface area (Å²) in [6, 6.07) is 5.73. The molecule has 1 amide bonds. The summed E-state index contributed by atoms with van der Waals surface area (Å²) in [5, 5.41) is 3.29. The average molecular weight is 307 g/mol. The third-order valence-electron chi connectivity index (χ3n) is 3.86. The highest BCUT2D eigenvalue weighted by atomic mass is 16.5. The van der Waals surface area contributed by atoms with E-state index in [0.717, 1.165) is 31.7 Å². The summed E-state index contributed by atoms with van der Waals surface area (Å²) < 4.78 is 10.5. The Kier molecular flexibility index (Phi) is 6.03. The number of hydrogen-bond donors (Lipinski definition) is 1. The zero-order valence-electron chi connectivity index (χ0n) is 13.6. The minimum Gasteiger partial charge on any atom is -0.493 e. The van der Waals surface area contributed by atoms with Crippen LogP contribution in [0.25, 0.3) is 0 Å². The Morgan fingerprint density at radius 1 is 1.23 bits per heavy atom. The van der Waals surface area contributed by atoms with Crippen molar-refractivity contribution in [2.75, 3.05) is 54.0 Å². The monoisotopic (exact) mass is 307 g/mol. The Labute approximate surface area is 132 Å². The molecule has 1 heterocycles. The van der Waals surface area contributed by atoms with Crippen LogP contribution in [0.3, 0.4) is 0 Å². The molecule has 0 atom stereocenters. The van der Waals surface area contributed by atoms with Crippen LogP contribution in [0.15, 0.2) is 18.2 Å². The predicted octanol–water partition coefficient (Wildman–Crippen LogP) is 0.567. The molecule has 1 saturated heterocycles. The minimum atomic E-state index is 0.136. The lowest BCUT2D eigenvalue weighted by molar-refractivity contribution is -0.131. The predicted molar refractivity (Wildman–Crippen MR) is 85.3 cm³/mol. The number of carbonyl (C=O) groups excluding carboxylic acids is 1. The van der Waals surface area contributed by atoms with Crippen molar-refractivity contribution in [3.63, 3.8) is 0 Å². The first-order chi connectivity index (χ1) is 10.6. The SMILES string of the molecule is COc1ccc(CN(C)C(=O)CN2CCNCC2)cc1OC. The molecule has 1 aliphatic rings. The molecule has 2 rings (SSSR count). The Morgan fingerprint density at radius 3 is 2.55 bits per heavy atom. The molecule has 1 N–H and O–H groups in total. The van der Waals surface area contributed by atoms with Gasteiger partial charge in [0.05, 0.1) is 20.8 Å². The summed E-state index contributed by atoms with van der Waals surface area (Å²) in [4.78, 5) is 16.2. The van der Waals surface area contributed by atoms with Crippen LogP contribution in [0.2, 0.25) is 0 Å². The van der Waals surface area contributed by atoms with Gasteiger partial charge in [0.1, 0.15) is 0 Å². The summed E-state index contributed by atoms with van der Waals surface area (Å²) in [5.74, 6) is 1.51. The Balaban J connectivity index is 1.92. The Morgan fingerprint density at radius 2 is 1.91 bits per heavy atom. The van der Waals surface area contributed by atoms with Crippen molar-refractivity contribution in [2.24, 2.45) is 0 Å². The van der Waals surface area contributed by atoms with E-state index in [4.69, 9.17) is 9.47 Å². The van der Waals surface area contributed by atoms with Gasteiger partial charge in [-0.15, -0.1) is 0 Å². The van der Waals surface area contributed by atoms with Gasteiger partial charge < -0.3 is 19.7 Å². The number of benzene rings is 1. The van der Waals surface area contributed by atoms with Crippen LogP contribution in [-0.4, -0.2) is 69.7 Å². The molecule has 0 aliphatic carbocycles. The lowest BCUT2D eigenvalue weighted by Crippen LogP contribution is -2.47. The fourth-order valence-corrected chi connectivity index (χ4v) is 2.52. The first kappa shape index (κ1) is 16.6. The van der Waals surface area contributed by atoms with Crippen molar-refractivity contribution >= 4 is 5.91 Å². The number of piperazine rings is 1. The first-order valence-corrected chi connectivity index (χ1v) is 7.52. The number of rotatable bonds is 6. The maximum atomic E-state index is 12.3. The average Bonchev–Trinajstić information content (AvgIpc) is 2.55. The van der Waals surface area contributed by atoms with Crippen LogP contribution in [0.5, 0.6) is 11.5 Å². The molecule has 1 aromatic carbocycles. The molecule has 0 saturated carbocycles. The second-order valence-electron chi connectivity index (χ2n) is 5.47. The largest absolute Gasteiger partial charge is 0.493 e. The number of ether oxygens (including phenoxy) is 2. The fraction of sp³-hybridized carbons (Fsp3) is 0.562. The van der Waals surface area contributed by atoms with E-state index < -0.39 is 0 Å². The second kappa shape index (κ2) is 8.00.